The van der Waals surface area contributed by atoms with E-state index in [1.54, 1.807) is 16.8 Å². The first-order valence-electron chi connectivity index (χ1n) is 8.87. The van der Waals surface area contributed by atoms with Crippen LogP contribution in [-0.4, -0.2) is 32.0 Å². The van der Waals surface area contributed by atoms with Gasteiger partial charge in [-0.15, -0.1) is 0 Å². The highest BCUT2D eigenvalue weighted by Gasteiger charge is 2.37. The minimum absolute atomic E-state index is 0.0430. The number of ether oxygens (including phenoxy) is 1. The van der Waals surface area contributed by atoms with Gasteiger partial charge in [-0.05, 0) is 38.1 Å². The summed E-state index contributed by atoms with van der Waals surface area (Å²) < 4.78 is 5.63. The second kappa shape index (κ2) is 7.60. The number of carbonyl (C=O) groups excluding carboxylic acids is 2. The average Bonchev–Trinajstić information content (AvgIpc) is 3.03. The Balaban J connectivity index is 1.77. The first kappa shape index (κ1) is 18.0. The van der Waals surface area contributed by atoms with Crippen LogP contribution in [0.25, 0.3) is 0 Å². The number of para-hydroxylation sites is 2. The molecule has 0 N–H and O–H groups in total. The zero-order chi connectivity index (χ0) is 18.7. The monoisotopic (exact) mass is 352 g/mol. The fourth-order valence-electron chi connectivity index (χ4n) is 3.23. The lowest BCUT2D eigenvalue weighted by Crippen LogP contribution is -2.34. The normalized spacial score (nSPS) is 16.7. The number of anilines is 2. The number of hydrogen-bond donors (Lipinski definition) is 0. The third-order valence-electron chi connectivity index (χ3n) is 4.68. The molecule has 2 amide bonds. The Morgan fingerprint density at radius 3 is 2.58 bits per heavy atom. The molecule has 2 aromatic rings. The third-order valence-corrected chi connectivity index (χ3v) is 4.68. The summed E-state index contributed by atoms with van der Waals surface area (Å²) in [5, 5.41) is 0. The van der Waals surface area contributed by atoms with Crippen LogP contribution in [0.1, 0.15) is 18.9 Å². The van der Waals surface area contributed by atoms with Gasteiger partial charge in [0.2, 0.25) is 11.8 Å². The van der Waals surface area contributed by atoms with Crippen LogP contribution in [0, 0.1) is 12.8 Å². The molecule has 5 nitrogen and oxygen atoms in total. The number of rotatable bonds is 5. The van der Waals surface area contributed by atoms with Crippen molar-refractivity contribution in [2.24, 2.45) is 5.92 Å². The smallest absolute Gasteiger partial charge is 0.232 e. The molecule has 1 aliphatic heterocycles. The fourth-order valence-corrected chi connectivity index (χ4v) is 3.23. The van der Waals surface area contributed by atoms with Crippen molar-refractivity contribution >= 4 is 23.2 Å². The number of aryl methyl sites for hydroxylation is 1. The van der Waals surface area contributed by atoms with Gasteiger partial charge in [-0.1, -0.05) is 29.8 Å². The lowest BCUT2D eigenvalue weighted by molar-refractivity contribution is -0.124. The first-order valence-corrected chi connectivity index (χ1v) is 8.87. The standard InChI is InChI=1S/C21H24N2O3/c1-4-26-19-8-6-5-7-18(19)23-14-16(13-20(23)24)21(25)22(3)17-11-9-15(2)10-12-17/h5-12,16H,4,13-14H2,1-3H3. The van der Waals surface area contributed by atoms with E-state index in [1.165, 1.54) is 0 Å². The Kier molecular flexibility index (Phi) is 5.26. The molecule has 0 bridgehead atoms. The zero-order valence-electron chi connectivity index (χ0n) is 15.4. The second-order valence-electron chi connectivity index (χ2n) is 6.54. The minimum atomic E-state index is -0.358. The lowest BCUT2D eigenvalue weighted by Gasteiger charge is -2.22. The largest absolute Gasteiger partial charge is 0.492 e. The second-order valence-corrected chi connectivity index (χ2v) is 6.54. The molecule has 0 saturated carbocycles. The molecule has 1 atom stereocenters. The number of amides is 2. The van der Waals surface area contributed by atoms with Crippen molar-refractivity contribution in [2.75, 3.05) is 30.0 Å². The predicted octanol–water partition coefficient (Wildman–Crippen LogP) is 3.41. The Hall–Kier alpha value is -2.82. The molecule has 136 valence electrons. The summed E-state index contributed by atoms with van der Waals surface area (Å²) >= 11 is 0. The predicted molar refractivity (Wildman–Crippen MR) is 103 cm³/mol. The SMILES string of the molecule is CCOc1ccccc1N1CC(C(=O)N(C)c2ccc(C)cc2)CC1=O. The van der Waals surface area contributed by atoms with Crippen LogP contribution in [0.15, 0.2) is 48.5 Å². The van der Waals surface area contributed by atoms with E-state index < -0.39 is 0 Å². The van der Waals surface area contributed by atoms with E-state index in [2.05, 4.69) is 0 Å². The van der Waals surface area contributed by atoms with E-state index >= 15 is 0 Å². The molecule has 26 heavy (non-hydrogen) atoms. The molecule has 0 aliphatic carbocycles. The van der Waals surface area contributed by atoms with Gasteiger partial charge < -0.3 is 14.5 Å². The van der Waals surface area contributed by atoms with Crippen LogP contribution in [0.2, 0.25) is 0 Å². The zero-order valence-corrected chi connectivity index (χ0v) is 15.4. The molecule has 1 fully saturated rings. The molecule has 0 spiro atoms. The third kappa shape index (κ3) is 3.57. The van der Waals surface area contributed by atoms with Gasteiger partial charge in [-0.3, -0.25) is 9.59 Å². The summed E-state index contributed by atoms with van der Waals surface area (Å²) in [7, 11) is 1.76. The molecule has 2 aromatic carbocycles. The van der Waals surface area contributed by atoms with Crippen molar-refractivity contribution in [3.05, 3.63) is 54.1 Å². The summed E-state index contributed by atoms with van der Waals surface area (Å²) in [4.78, 5) is 28.7. The molecule has 1 saturated heterocycles. The quantitative estimate of drug-likeness (QED) is 0.829. The molecule has 3 rings (SSSR count). The van der Waals surface area contributed by atoms with Crippen molar-refractivity contribution < 1.29 is 14.3 Å². The topological polar surface area (TPSA) is 49.9 Å². The van der Waals surface area contributed by atoms with Gasteiger partial charge in [0.05, 0.1) is 18.2 Å². The van der Waals surface area contributed by atoms with E-state index in [-0.39, 0.29) is 24.2 Å². The minimum Gasteiger partial charge on any atom is -0.492 e. The summed E-state index contributed by atoms with van der Waals surface area (Å²) in [6.45, 7) is 4.82. The van der Waals surface area contributed by atoms with Gasteiger partial charge in [0, 0.05) is 25.7 Å². The van der Waals surface area contributed by atoms with E-state index in [4.69, 9.17) is 4.74 Å². The summed E-state index contributed by atoms with van der Waals surface area (Å²) in [5.41, 5.74) is 2.71. The average molecular weight is 352 g/mol. The van der Waals surface area contributed by atoms with Gasteiger partial charge in [0.1, 0.15) is 5.75 Å². The van der Waals surface area contributed by atoms with Crippen LogP contribution < -0.4 is 14.5 Å². The van der Waals surface area contributed by atoms with Gasteiger partial charge in [0.15, 0.2) is 0 Å². The van der Waals surface area contributed by atoms with Crippen molar-refractivity contribution in [3.63, 3.8) is 0 Å². The number of carbonyl (C=O) groups is 2. The van der Waals surface area contributed by atoms with Crippen molar-refractivity contribution in [1.29, 1.82) is 0 Å². The maximum atomic E-state index is 12.9. The van der Waals surface area contributed by atoms with Gasteiger partial charge in [-0.25, -0.2) is 0 Å². The molecular formula is C21H24N2O3. The molecular weight excluding hydrogens is 328 g/mol. The highest BCUT2D eigenvalue weighted by atomic mass is 16.5. The molecule has 1 unspecified atom stereocenters. The molecule has 0 aromatic heterocycles. The van der Waals surface area contributed by atoms with Gasteiger partial charge in [-0.2, -0.15) is 0 Å². The first-order chi connectivity index (χ1) is 12.5. The highest BCUT2D eigenvalue weighted by Crippen LogP contribution is 2.33. The van der Waals surface area contributed by atoms with Crippen molar-refractivity contribution in [2.45, 2.75) is 20.3 Å². The van der Waals surface area contributed by atoms with Crippen LogP contribution in [0.3, 0.4) is 0 Å². The van der Waals surface area contributed by atoms with Crippen molar-refractivity contribution in [1.82, 2.24) is 0 Å². The fraction of sp³-hybridized carbons (Fsp3) is 0.333. The molecule has 1 aliphatic rings. The Bertz CT molecular complexity index is 801. The maximum absolute atomic E-state index is 12.9. The summed E-state index contributed by atoms with van der Waals surface area (Å²) in [6, 6.07) is 15.3. The Morgan fingerprint density at radius 1 is 1.19 bits per heavy atom. The molecule has 1 heterocycles. The van der Waals surface area contributed by atoms with E-state index in [0.717, 1.165) is 16.9 Å². The van der Waals surface area contributed by atoms with Crippen molar-refractivity contribution in [3.8, 4) is 5.75 Å². The number of hydrogen-bond acceptors (Lipinski definition) is 3. The lowest BCUT2D eigenvalue weighted by atomic mass is 10.1. The van der Waals surface area contributed by atoms with Crippen LogP contribution in [0.5, 0.6) is 5.75 Å². The van der Waals surface area contributed by atoms with Crippen LogP contribution in [-0.2, 0) is 9.59 Å². The van der Waals surface area contributed by atoms with E-state index in [9.17, 15) is 9.59 Å². The number of nitrogens with zero attached hydrogens (tertiary/aromatic N) is 2. The van der Waals surface area contributed by atoms with E-state index in [0.29, 0.717) is 18.9 Å². The van der Waals surface area contributed by atoms with Gasteiger partial charge >= 0.3 is 0 Å². The van der Waals surface area contributed by atoms with Crippen LogP contribution in [0.4, 0.5) is 11.4 Å². The molecule has 5 heteroatoms. The van der Waals surface area contributed by atoms with E-state index in [1.807, 2.05) is 62.4 Å². The molecule has 0 radical (unpaired) electrons. The maximum Gasteiger partial charge on any atom is 0.232 e. The number of benzene rings is 2. The summed E-state index contributed by atoms with van der Waals surface area (Å²) in [5.74, 6) is 0.221. The van der Waals surface area contributed by atoms with Gasteiger partial charge in [0.25, 0.3) is 0 Å². The summed E-state index contributed by atoms with van der Waals surface area (Å²) in [6.07, 6.45) is 0.218. The Labute approximate surface area is 154 Å². The Morgan fingerprint density at radius 2 is 1.88 bits per heavy atom. The van der Waals surface area contributed by atoms with Crippen LogP contribution >= 0.6 is 0 Å². The highest BCUT2D eigenvalue weighted by molar-refractivity contribution is 6.04.